The fourth-order valence-electron chi connectivity index (χ4n) is 2.56. The van der Waals surface area contributed by atoms with Gasteiger partial charge in [0.25, 0.3) is 0 Å². The van der Waals surface area contributed by atoms with E-state index in [0.717, 1.165) is 33.5 Å². The molecule has 0 N–H and O–H groups in total. The molecule has 24 heavy (non-hydrogen) atoms. The van der Waals surface area contributed by atoms with Crippen molar-refractivity contribution in [3.8, 4) is 24.2 Å². The number of nitrogens with zero attached hydrogens (tertiary/aromatic N) is 1. The van der Waals surface area contributed by atoms with Crippen LogP contribution in [0.3, 0.4) is 0 Å². The van der Waals surface area contributed by atoms with Gasteiger partial charge in [0.2, 0.25) is 0 Å². The Hall–Kier alpha value is -2.95. The van der Waals surface area contributed by atoms with Gasteiger partial charge in [0.05, 0.1) is 6.57 Å². The fourth-order valence-corrected chi connectivity index (χ4v) is 2.56. The van der Waals surface area contributed by atoms with Crippen LogP contribution in [0.15, 0.2) is 36.4 Å². The lowest BCUT2D eigenvalue weighted by atomic mass is 9.90. The van der Waals surface area contributed by atoms with Gasteiger partial charge in [-0.15, -0.1) is 6.42 Å². The van der Waals surface area contributed by atoms with E-state index in [2.05, 4.69) is 50.3 Å². The van der Waals surface area contributed by atoms with Crippen LogP contribution in [0.5, 0.6) is 0 Å². The van der Waals surface area contributed by atoms with Crippen LogP contribution >= 0.6 is 0 Å². The maximum absolute atomic E-state index is 7.53. The zero-order chi connectivity index (χ0) is 17.7. The predicted molar refractivity (Wildman–Crippen MR) is 101 cm³/mol. The monoisotopic (exact) mass is 311 g/mol. The van der Waals surface area contributed by atoms with Crippen molar-refractivity contribution in [2.24, 2.45) is 0 Å². The van der Waals surface area contributed by atoms with Gasteiger partial charge in [0.1, 0.15) is 0 Å². The summed E-state index contributed by atoms with van der Waals surface area (Å²) in [6, 6.07) is 11.8. The van der Waals surface area contributed by atoms with Crippen molar-refractivity contribution in [1.82, 2.24) is 0 Å². The van der Waals surface area contributed by atoms with Gasteiger partial charge < -0.3 is 0 Å². The van der Waals surface area contributed by atoms with Crippen molar-refractivity contribution in [2.45, 2.75) is 39.5 Å². The smallest absolute Gasteiger partial charge is 0.194 e. The molecule has 0 aliphatic heterocycles. The van der Waals surface area contributed by atoms with Crippen molar-refractivity contribution < 1.29 is 0 Å². The Kier molecular flexibility index (Phi) is 5.47. The normalized spacial score (nSPS) is 10.0. The molecule has 0 bridgehead atoms. The summed E-state index contributed by atoms with van der Waals surface area (Å²) in [5, 5.41) is 0. The second-order valence-electron chi connectivity index (χ2n) is 6.40. The van der Waals surface area contributed by atoms with Crippen LogP contribution in [0.4, 0.5) is 5.69 Å². The molecule has 118 valence electrons. The molecule has 0 aliphatic carbocycles. The molecule has 2 rings (SSSR count). The first-order chi connectivity index (χ1) is 11.5. The minimum Gasteiger partial charge on any atom is -0.238 e. The lowest BCUT2D eigenvalue weighted by molar-refractivity contribution is 0.841. The first-order valence-electron chi connectivity index (χ1n) is 8.10. The van der Waals surface area contributed by atoms with E-state index in [1.807, 2.05) is 36.4 Å². The van der Waals surface area contributed by atoms with Crippen molar-refractivity contribution in [1.29, 1.82) is 0 Å². The summed E-state index contributed by atoms with van der Waals surface area (Å²) in [6.07, 6.45) is 5.37. The third-order valence-corrected chi connectivity index (χ3v) is 3.93. The summed E-state index contributed by atoms with van der Waals surface area (Å²) in [4.78, 5) is 3.77. The summed E-state index contributed by atoms with van der Waals surface area (Å²) in [7, 11) is 0. The Morgan fingerprint density at radius 2 is 1.29 bits per heavy atom. The molecule has 0 radical (unpaired) electrons. The Morgan fingerprint density at radius 1 is 0.833 bits per heavy atom. The number of rotatable bonds is 2. The van der Waals surface area contributed by atoms with E-state index in [-0.39, 0.29) is 0 Å². The molecule has 0 atom stereocenters. The highest BCUT2D eigenvalue weighted by molar-refractivity contribution is 5.64. The summed E-state index contributed by atoms with van der Waals surface area (Å²) in [5.41, 5.74) is 5.66. The number of hydrogen-bond donors (Lipinski definition) is 0. The molecule has 0 heterocycles. The van der Waals surface area contributed by atoms with Crippen LogP contribution in [-0.2, 0) is 0 Å². The van der Waals surface area contributed by atoms with Crippen LogP contribution in [-0.4, -0.2) is 0 Å². The molecule has 0 saturated carbocycles. The van der Waals surface area contributed by atoms with Crippen LogP contribution in [0, 0.1) is 30.8 Å². The zero-order valence-corrected chi connectivity index (χ0v) is 14.6. The zero-order valence-electron chi connectivity index (χ0n) is 14.6. The van der Waals surface area contributed by atoms with E-state index >= 15 is 0 Å². The van der Waals surface area contributed by atoms with Gasteiger partial charge in [-0.05, 0) is 47.2 Å². The minimum atomic E-state index is 0.295. The van der Waals surface area contributed by atoms with E-state index < -0.39 is 0 Å². The molecule has 0 unspecified atom stereocenters. The molecular weight excluding hydrogens is 290 g/mol. The van der Waals surface area contributed by atoms with Crippen LogP contribution in [0.25, 0.3) is 4.85 Å². The van der Waals surface area contributed by atoms with Gasteiger partial charge in [0.15, 0.2) is 5.69 Å². The largest absolute Gasteiger partial charge is 0.238 e. The average Bonchev–Trinajstić information content (AvgIpc) is 2.59. The molecule has 0 fully saturated rings. The van der Waals surface area contributed by atoms with Crippen LogP contribution < -0.4 is 0 Å². The van der Waals surface area contributed by atoms with Gasteiger partial charge in [-0.2, -0.15) is 0 Å². The van der Waals surface area contributed by atoms with Crippen LogP contribution in [0.2, 0.25) is 0 Å². The van der Waals surface area contributed by atoms with Gasteiger partial charge in [0, 0.05) is 16.7 Å². The van der Waals surface area contributed by atoms with Crippen molar-refractivity contribution >= 4 is 5.69 Å². The van der Waals surface area contributed by atoms with Crippen LogP contribution in [0.1, 0.15) is 67.3 Å². The first kappa shape index (κ1) is 17.4. The third-order valence-electron chi connectivity index (χ3n) is 3.93. The van der Waals surface area contributed by atoms with Crippen molar-refractivity contribution in [3.63, 3.8) is 0 Å². The van der Waals surface area contributed by atoms with E-state index in [9.17, 15) is 0 Å². The SMILES string of the molecule is [C-]#[N+]c1c(C(C)C)cc(C#Cc2ccc(C#C)cc2)cc1C(C)C. The highest BCUT2D eigenvalue weighted by Crippen LogP contribution is 2.35. The fraction of sp³-hybridized carbons (Fsp3) is 0.261. The standard InChI is InChI=1S/C23H21N/c1-7-18-8-10-19(11-9-18)12-13-20-14-21(16(2)3)23(24-6)22(15-20)17(4)5/h1,8-11,14-17H,2-5H3. The maximum Gasteiger partial charge on any atom is 0.194 e. The maximum atomic E-state index is 7.53. The third kappa shape index (κ3) is 3.87. The molecule has 2 aromatic carbocycles. The number of terminal acetylenes is 1. The Labute approximate surface area is 145 Å². The molecule has 2 aromatic rings. The van der Waals surface area contributed by atoms with E-state index in [0.29, 0.717) is 11.8 Å². The topological polar surface area (TPSA) is 4.36 Å². The summed E-state index contributed by atoms with van der Waals surface area (Å²) >= 11 is 0. The predicted octanol–water partition coefficient (Wildman–Crippen LogP) is 5.87. The summed E-state index contributed by atoms with van der Waals surface area (Å²) in [6.45, 7) is 16.0. The van der Waals surface area contributed by atoms with E-state index in [1.54, 1.807) is 0 Å². The van der Waals surface area contributed by atoms with Gasteiger partial charge >= 0.3 is 0 Å². The summed E-state index contributed by atoms with van der Waals surface area (Å²) in [5.74, 6) is 9.62. The molecule has 0 spiro atoms. The Morgan fingerprint density at radius 3 is 1.71 bits per heavy atom. The second-order valence-corrected chi connectivity index (χ2v) is 6.40. The van der Waals surface area contributed by atoms with Gasteiger partial charge in [-0.1, -0.05) is 57.6 Å². The van der Waals surface area contributed by atoms with Gasteiger partial charge in [-0.25, -0.2) is 4.85 Å². The second kappa shape index (κ2) is 7.55. The summed E-state index contributed by atoms with van der Waals surface area (Å²) < 4.78 is 0. The lowest BCUT2D eigenvalue weighted by Crippen LogP contribution is -1.96. The van der Waals surface area contributed by atoms with Crippen molar-refractivity contribution in [3.05, 3.63) is 75.6 Å². The molecule has 0 aromatic heterocycles. The highest BCUT2D eigenvalue weighted by atomic mass is 14.7. The quantitative estimate of drug-likeness (QED) is 0.483. The van der Waals surface area contributed by atoms with E-state index in [1.165, 1.54) is 0 Å². The lowest BCUT2D eigenvalue weighted by Gasteiger charge is -2.15. The minimum absolute atomic E-state index is 0.295. The molecule has 0 aliphatic rings. The van der Waals surface area contributed by atoms with Crippen molar-refractivity contribution in [2.75, 3.05) is 0 Å². The Bertz CT molecular complexity index is 844. The molecule has 0 amide bonds. The number of hydrogen-bond acceptors (Lipinski definition) is 0. The first-order valence-corrected chi connectivity index (χ1v) is 8.10. The average molecular weight is 311 g/mol. The Balaban J connectivity index is 2.50. The number of benzene rings is 2. The molecule has 0 saturated heterocycles. The molecule has 1 heteroatoms. The van der Waals surface area contributed by atoms with Gasteiger partial charge in [-0.3, -0.25) is 0 Å². The van der Waals surface area contributed by atoms with E-state index in [4.69, 9.17) is 13.0 Å². The molecular formula is C23H21N. The molecule has 1 nitrogen and oxygen atoms in total. The highest BCUT2D eigenvalue weighted by Gasteiger charge is 2.15.